The average molecular weight is 286 g/mol. The molecule has 0 saturated carbocycles. The van der Waals surface area contributed by atoms with Crippen molar-refractivity contribution in [3.8, 4) is 0 Å². The summed E-state index contributed by atoms with van der Waals surface area (Å²) >= 11 is 5.92. The van der Waals surface area contributed by atoms with Crippen LogP contribution in [-0.2, 0) is 4.74 Å². The number of hydrogen-bond donors (Lipinski definition) is 2. The number of nitrogens with one attached hydrogen (secondary N) is 1. The van der Waals surface area contributed by atoms with Gasteiger partial charge in [-0.15, -0.1) is 0 Å². The lowest BCUT2D eigenvalue weighted by Gasteiger charge is -2.21. The van der Waals surface area contributed by atoms with Crippen LogP contribution in [0.1, 0.15) is 36.7 Å². The van der Waals surface area contributed by atoms with Crippen LogP contribution in [0, 0.1) is 6.92 Å². The third kappa shape index (κ3) is 4.13. The molecule has 0 aliphatic rings. The zero-order chi connectivity index (χ0) is 14.8. The van der Waals surface area contributed by atoms with Crippen molar-refractivity contribution < 1.29 is 19.4 Å². The Morgan fingerprint density at radius 2 is 1.89 bits per heavy atom. The Labute approximate surface area is 116 Å². The van der Waals surface area contributed by atoms with Gasteiger partial charge in [-0.2, -0.15) is 0 Å². The zero-order valence-corrected chi connectivity index (χ0v) is 12.0. The van der Waals surface area contributed by atoms with Gasteiger partial charge >= 0.3 is 12.1 Å². The first-order chi connectivity index (χ1) is 8.61. The molecule has 6 heteroatoms. The summed E-state index contributed by atoms with van der Waals surface area (Å²) < 4.78 is 5.09. The van der Waals surface area contributed by atoms with Crippen LogP contribution in [0.2, 0.25) is 5.02 Å². The van der Waals surface area contributed by atoms with E-state index < -0.39 is 17.7 Å². The molecule has 5 nitrogen and oxygen atoms in total. The van der Waals surface area contributed by atoms with E-state index in [9.17, 15) is 9.59 Å². The van der Waals surface area contributed by atoms with Crippen LogP contribution in [0.4, 0.5) is 10.5 Å². The Balaban J connectivity index is 3.09. The van der Waals surface area contributed by atoms with E-state index in [-0.39, 0.29) is 11.3 Å². The molecule has 1 amide bonds. The van der Waals surface area contributed by atoms with Gasteiger partial charge in [-0.25, -0.2) is 9.59 Å². The number of benzene rings is 1. The molecule has 1 rings (SSSR count). The van der Waals surface area contributed by atoms with Crippen molar-refractivity contribution in [2.75, 3.05) is 5.32 Å². The predicted octanol–water partition coefficient (Wildman–Crippen LogP) is 3.69. The second-order valence-electron chi connectivity index (χ2n) is 5.03. The number of carbonyl (C=O) groups excluding carboxylic acids is 1. The van der Waals surface area contributed by atoms with Crippen LogP contribution in [0.5, 0.6) is 0 Å². The Kier molecular flexibility index (Phi) is 4.42. The van der Waals surface area contributed by atoms with E-state index in [1.54, 1.807) is 27.7 Å². The van der Waals surface area contributed by atoms with Crippen molar-refractivity contribution >= 4 is 29.4 Å². The largest absolute Gasteiger partial charge is 0.478 e. The third-order valence-electron chi connectivity index (χ3n) is 2.26. The van der Waals surface area contributed by atoms with Gasteiger partial charge in [0.15, 0.2) is 0 Å². The van der Waals surface area contributed by atoms with Crippen molar-refractivity contribution in [2.24, 2.45) is 0 Å². The quantitative estimate of drug-likeness (QED) is 0.869. The van der Waals surface area contributed by atoms with E-state index in [0.29, 0.717) is 10.6 Å². The molecule has 19 heavy (non-hydrogen) atoms. The molecule has 0 aliphatic heterocycles. The molecular weight excluding hydrogens is 270 g/mol. The van der Waals surface area contributed by atoms with Crippen LogP contribution in [-0.4, -0.2) is 22.8 Å². The van der Waals surface area contributed by atoms with Crippen LogP contribution in [0.25, 0.3) is 0 Å². The number of hydrogen-bond acceptors (Lipinski definition) is 3. The minimum atomic E-state index is -1.15. The molecule has 0 unspecified atom stereocenters. The smallest absolute Gasteiger partial charge is 0.412 e. The lowest BCUT2D eigenvalue weighted by molar-refractivity contribution is 0.0636. The highest BCUT2D eigenvalue weighted by Gasteiger charge is 2.20. The summed E-state index contributed by atoms with van der Waals surface area (Å²) in [5.41, 5.74) is -0.0746. The molecular formula is C13H16ClNO4. The summed E-state index contributed by atoms with van der Waals surface area (Å²) in [5.74, 6) is -1.15. The standard InChI is InChI=1S/C13H16ClNO4/c1-7-9(14)6-5-8(11(16)17)10(7)15-12(18)19-13(2,3)4/h5-6H,1-4H3,(H,15,18)(H,16,17). The van der Waals surface area contributed by atoms with Crippen molar-refractivity contribution in [2.45, 2.75) is 33.3 Å². The monoisotopic (exact) mass is 285 g/mol. The highest BCUT2D eigenvalue weighted by molar-refractivity contribution is 6.32. The van der Waals surface area contributed by atoms with Crippen LogP contribution < -0.4 is 5.32 Å². The maximum absolute atomic E-state index is 11.7. The first-order valence-corrected chi connectivity index (χ1v) is 6.02. The summed E-state index contributed by atoms with van der Waals surface area (Å²) in [6.07, 6.45) is -0.722. The van der Waals surface area contributed by atoms with Gasteiger partial charge in [0.25, 0.3) is 0 Å². The molecule has 1 aromatic rings. The summed E-state index contributed by atoms with van der Waals surface area (Å²) in [4.78, 5) is 22.8. The van der Waals surface area contributed by atoms with Gasteiger partial charge in [0, 0.05) is 5.02 Å². The topological polar surface area (TPSA) is 75.6 Å². The maximum Gasteiger partial charge on any atom is 0.412 e. The maximum atomic E-state index is 11.7. The minimum Gasteiger partial charge on any atom is -0.478 e. The van der Waals surface area contributed by atoms with Gasteiger partial charge in [-0.3, -0.25) is 5.32 Å². The van der Waals surface area contributed by atoms with Crippen LogP contribution >= 0.6 is 11.6 Å². The Morgan fingerprint density at radius 3 is 2.37 bits per heavy atom. The fourth-order valence-electron chi connectivity index (χ4n) is 1.43. The number of carboxylic acids is 1. The van der Waals surface area contributed by atoms with Crippen molar-refractivity contribution in [1.82, 2.24) is 0 Å². The van der Waals surface area contributed by atoms with E-state index in [1.807, 2.05) is 0 Å². The molecule has 0 atom stereocenters. The number of rotatable bonds is 2. The highest BCUT2D eigenvalue weighted by atomic mass is 35.5. The molecule has 0 saturated heterocycles. The fraction of sp³-hybridized carbons (Fsp3) is 0.385. The van der Waals surface area contributed by atoms with E-state index in [2.05, 4.69) is 5.32 Å². The molecule has 0 heterocycles. The summed E-state index contributed by atoms with van der Waals surface area (Å²) in [5, 5.41) is 11.9. The molecule has 1 aromatic carbocycles. The second kappa shape index (κ2) is 5.48. The van der Waals surface area contributed by atoms with Crippen molar-refractivity contribution in [1.29, 1.82) is 0 Å². The molecule has 0 aliphatic carbocycles. The van der Waals surface area contributed by atoms with Crippen LogP contribution in [0.15, 0.2) is 12.1 Å². The molecule has 0 bridgehead atoms. The van der Waals surface area contributed by atoms with Gasteiger partial charge in [0.1, 0.15) is 5.60 Å². The van der Waals surface area contributed by atoms with Gasteiger partial charge in [0.2, 0.25) is 0 Å². The highest BCUT2D eigenvalue weighted by Crippen LogP contribution is 2.28. The Hall–Kier alpha value is -1.75. The molecule has 0 radical (unpaired) electrons. The van der Waals surface area contributed by atoms with E-state index in [4.69, 9.17) is 21.4 Å². The zero-order valence-electron chi connectivity index (χ0n) is 11.2. The van der Waals surface area contributed by atoms with Gasteiger partial charge in [-0.1, -0.05) is 11.6 Å². The fourth-order valence-corrected chi connectivity index (χ4v) is 1.59. The second-order valence-corrected chi connectivity index (χ2v) is 5.43. The SMILES string of the molecule is Cc1c(Cl)ccc(C(=O)O)c1NC(=O)OC(C)(C)C. The van der Waals surface area contributed by atoms with E-state index >= 15 is 0 Å². The first-order valence-electron chi connectivity index (χ1n) is 5.64. The molecule has 2 N–H and O–H groups in total. The Bertz CT molecular complexity index is 520. The number of carboxylic acid groups (broad SMARTS) is 1. The Morgan fingerprint density at radius 1 is 1.32 bits per heavy atom. The number of anilines is 1. The average Bonchev–Trinajstić information content (AvgIpc) is 2.21. The van der Waals surface area contributed by atoms with Gasteiger partial charge in [0.05, 0.1) is 11.3 Å². The minimum absolute atomic E-state index is 0.0345. The summed E-state index contributed by atoms with van der Waals surface area (Å²) in [7, 11) is 0. The summed E-state index contributed by atoms with van der Waals surface area (Å²) in [6, 6.07) is 2.81. The van der Waals surface area contributed by atoms with Crippen LogP contribution in [0.3, 0.4) is 0 Å². The first kappa shape index (κ1) is 15.3. The molecule has 0 aromatic heterocycles. The van der Waals surface area contributed by atoms with Gasteiger partial charge < -0.3 is 9.84 Å². The molecule has 0 fully saturated rings. The van der Waals surface area contributed by atoms with Crippen molar-refractivity contribution in [3.63, 3.8) is 0 Å². The normalized spacial score (nSPS) is 11.0. The number of halogens is 1. The number of carbonyl (C=O) groups is 2. The lowest BCUT2D eigenvalue weighted by Crippen LogP contribution is -2.28. The third-order valence-corrected chi connectivity index (χ3v) is 2.66. The number of amides is 1. The van der Waals surface area contributed by atoms with E-state index in [0.717, 1.165) is 0 Å². The van der Waals surface area contributed by atoms with Crippen molar-refractivity contribution in [3.05, 3.63) is 28.3 Å². The number of ether oxygens (including phenoxy) is 1. The predicted molar refractivity (Wildman–Crippen MR) is 73.0 cm³/mol. The molecule has 0 spiro atoms. The summed E-state index contributed by atoms with van der Waals surface area (Å²) in [6.45, 7) is 6.78. The lowest BCUT2D eigenvalue weighted by atomic mass is 10.1. The van der Waals surface area contributed by atoms with E-state index in [1.165, 1.54) is 12.1 Å². The molecule has 104 valence electrons. The van der Waals surface area contributed by atoms with Gasteiger partial charge in [-0.05, 0) is 45.4 Å². The number of aromatic carboxylic acids is 1.